The van der Waals surface area contributed by atoms with E-state index in [0.717, 1.165) is 33.3 Å². The van der Waals surface area contributed by atoms with Crippen LogP contribution in [0.3, 0.4) is 0 Å². The van der Waals surface area contributed by atoms with Crippen LogP contribution in [-0.2, 0) is 0 Å². The Bertz CT molecular complexity index is 1080. The molecule has 0 atom stereocenters. The molecule has 1 amide bonds. The molecular formula is C23H18N2O. The molecule has 0 bridgehead atoms. The van der Waals surface area contributed by atoms with E-state index in [9.17, 15) is 4.79 Å². The third kappa shape index (κ3) is 3.33. The zero-order valence-electron chi connectivity index (χ0n) is 14.4. The minimum absolute atomic E-state index is 0.121. The first-order valence-electron chi connectivity index (χ1n) is 8.52. The van der Waals surface area contributed by atoms with E-state index in [0.29, 0.717) is 5.56 Å². The van der Waals surface area contributed by atoms with Gasteiger partial charge in [-0.15, -0.1) is 0 Å². The minimum atomic E-state index is -0.121. The molecule has 0 unspecified atom stereocenters. The predicted molar refractivity (Wildman–Crippen MR) is 106 cm³/mol. The molecule has 4 aromatic rings. The number of hydrogen-bond acceptors (Lipinski definition) is 2. The summed E-state index contributed by atoms with van der Waals surface area (Å²) in [6, 6.07) is 25.5. The van der Waals surface area contributed by atoms with Gasteiger partial charge < -0.3 is 5.32 Å². The van der Waals surface area contributed by atoms with Gasteiger partial charge in [0.2, 0.25) is 0 Å². The van der Waals surface area contributed by atoms with Crippen LogP contribution in [0.1, 0.15) is 15.9 Å². The van der Waals surface area contributed by atoms with Crippen LogP contribution in [0.2, 0.25) is 0 Å². The van der Waals surface area contributed by atoms with Crippen LogP contribution in [0.15, 0.2) is 85.1 Å². The number of fused-ring (bicyclic) bond motifs is 1. The van der Waals surface area contributed by atoms with E-state index in [1.165, 1.54) is 0 Å². The quantitative estimate of drug-likeness (QED) is 0.539. The predicted octanol–water partition coefficient (Wildman–Crippen LogP) is 5.46. The molecular weight excluding hydrogens is 320 g/mol. The lowest BCUT2D eigenvalue weighted by molar-refractivity contribution is 0.102. The normalized spacial score (nSPS) is 10.7. The number of anilines is 1. The van der Waals surface area contributed by atoms with Gasteiger partial charge in [0, 0.05) is 28.4 Å². The van der Waals surface area contributed by atoms with E-state index in [-0.39, 0.29) is 5.91 Å². The van der Waals surface area contributed by atoms with Gasteiger partial charge in [0.25, 0.3) is 5.91 Å². The van der Waals surface area contributed by atoms with Crippen molar-refractivity contribution in [3.05, 3.63) is 96.2 Å². The number of pyridine rings is 1. The van der Waals surface area contributed by atoms with Crippen LogP contribution in [0.4, 0.5) is 5.69 Å². The minimum Gasteiger partial charge on any atom is -0.322 e. The summed E-state index contributed by atoms with van der Waals surface area (Å²) in [5, 5.41) is 4.02. The van der Waals surface area contributed by atoms with Crippen molar-refractivity contribution in [2.75, 3.05) is 5.32 Å². The summed E-state index contributed by atoms with van der Waals surface area (Å²) >= 11 is 0. The molecule has 0 spiro atoms. The van der Waals surface area contributed by atoms with E-state index in [1.54, 1.807) is 0 Å². The maximum absolute atomic E-state index is 12.6. The summed E-state index contributed by atoms with van der Waals surface area (Å²) in [6.07, 6.45) is 1.85. The van der Waals surface area contributed by atoms with Crippen LogP contribution in [-0.4, -0.2) is 10.9 Å². The fourth-order valence-corrected chi connectivity index (χ4v) is 2.91. The number of nitrogens with one attached hydrogen (secondary N) is 1. The Hall–Kier alpha value is -3.46. The Balaban J connectivity index is 1.62. The summed E-state index contributed by atoms with van der Waals surface area (Å²) < 4.78 is 0. The fourth-order valence-electron chi connectivity index (χ4n) is 2.91. The molecule has 1 heterocycles. The summed E-state index contributed by atoms with van der Waals surface area (Å²) in [5.41, 5.74) is 5.50. The molecule has 3 heteroatoms. The zero-order valence-corrected chi connectivity index (χ0v) is 14.4. The number of nitrogens with zero attached hydrogens (tertiary/aromatic N) is 1. The molecule has 0 radical (unpaired) electrons. The molecule has 0 saturated carbocycles. The molecule has 0 aliphatic carbocycles. The number of amides is 1. The summed E-state index contributed by atoms with van der Waals surface area (Å²) in [4.78, 5) is 17.1. The van der Waals surface area contributed by atoms with Gasteiger partial charge in [0.1, 0.15) is 0 Å². The molecule has 3 aromatic carbocycles. The van der Waals surface area contributed by atoms with Crippen LogP contribution >= 0.6 is 0 Å². The van der Waals surface area contributed by atoms with Crippen LogP contribution in [0, 0.1) is 6.92 Å². The Morgan fingerprint density at radius 1 is 0.846 bits per heavy atom. The second-order valence-corrected chi connectivity index (χ2v) is 6.32. The monoisotopic (exact) mass is 338 g/mol. The number of rotatable bonds is 3. The third-order valence-corrected chi connectivity index (χ3v) is 4.36. The van der Waals surface area contributed by atoms with Crippen molar-refractivity contribution in [3.8, 4) is 11.1 Å². The molecule has 0 saturated heterocycles. The number of hydrogen-bond donors (Lipinski definition) is 1. The van der Waals surface area contributed by atoms with E-state index in [2.05, 4.69) is 16.4 Å². The maximum atomic E-state index is 12.6. The summed E-state index contributed by atoms with van der Waals surface area (Å²) in [5.74, 6) is -0.121. The summed E-state index contributed by atoms with van der Waals surface area (Å²) in [7, 11) is 0. The number of benzene rings is 3. The average molecular weight is 338 g/mol. The Kier molecular flexibility index (Phi) is 4.20. The van der Waals surface area contributed by atoms with Gasteiger partial charge in [0.05, 0.1) is 5.52 Å². The van der Waals surface area contributed by atoms with E-state index in [1.807, 2.05) is 85.9 Å². The second-order valence-electron chi connectivity index (χ2n) is 6.32. The smallest absolute Gasteiger partial charge is 0.255 e. The molecule has 1 aromatic heterocycles. The Morgan fingerprint density at radius 3 is 2.50 bits per heavy atom. The lowest BCUT2D eigenvalue weighted by Gasteiger charge is -2.08. The van der Waals surface area contributed by atoms with Crippen molar-refractivity contribution in [1.82, 2.24) is 4.98 Å². The topological polar surface area (TPSA) is 42.0 Å². The van der Waals surface area contributed by atoms with Gasteiger partial charge >= 0.3 is 0 Å². The molecule has 0 aliphatic rings. The largest absolute Gasteiger partial charge is 0.322 e. The van der Waals surface area contributed by atoms with Crippen molar-refractivity contribution in [2.45, 2.75) is 6.92 Å². The summed E-state index contributed by atoms with van der Waals surface area (Å²) in [6.45, 7) is 2.02. The van der Waals surface area contributed by atoms with Crippen molar-refractivity contribution < 1.29 is 4.79 Å². The third-order valence-electron chi connectivity index (χ3n) is 4.36. The van der Waals surface area contributed by atoms with Crippen LogP contribution in [0.25, 0.3) is 22.0 Å². The number of carbonyl (C=O) groups excluding carboxylic acids is 1. The standard InChI is InChI=1S/C23H18N2O/c1-16-9-11-21(12-10-16)25-23(26)19-7-4-6-17(13-19)20-14-18-5-2-3-8-22(18)24-15-20/h2-15H,1H3,(H,25,26). The lowest BCUT2D eigenvalue weighted by atomic mass is 10.0. The molecule has 26 heavy (non-hydrogen) atoms. The van der Waals surface area contributed by atoms with E-state index < -0.39 is 0 Å². The van der Waals surface area contributed by atoms with Gasteiger partial charge in [-0.2, -0.15) is 0 Å². The van der Waals surface area contributed by atoms with Gasteiger partial charge in [-0.05, 0) is 48.9 Å². The van der Waals surface area contributed by atoms with Gasteiger partial charge in [-0.25, -0.2) is 0 Å². The van der Waals surface area contributed by atoms with E-state index in [4.69, 9.17) is 0 Å². The number of aromatic nitrogens is 1. The van der Waals surface area contributed by atoms with Crippen molar-refractivity contribution in [3.63, 3.8) is 0 Å². The number of carbonyl (C=O) groups is 1. The van der Waals surface area contributed by atoms with Gasteiger partial charge in [-0.1, -0.05) is 48.0 Å². The van der Waals surface area contributed by atoms with Crippen LogP contribution in [0.5, 0.6) is 0 Å². The van der Waals surface area contributed by atoms with Crippen LogP contribution < -0.4 is 5.32 Å². The number of aryl methyl sites for hydroxylation is 1. The number of para-hydroxylation sites is 1. The van der Waals surface area contributed by atoms with Crippen molar-refractivity contribution in [1.29, 1.82) is 0 Å². The first kappa shape index (κ1) is 16.0. The molecule has 3 nitrogen and oxygen atoms in total. The molecule has 0 fully saturated rings. The first-order chi connectivity index (χ1) is 12.7. The highest BCUT2D eigenvalue weighted by Gasteiger charge is 2.08. The highest BCUT2D eigenvalue weighted by Crippen LogP contribution is 2.24. The first-order valence-corrected chi connectivity index (χ1v) is 8.52. The maximum Gasteiger partial charge on any atom is 0.255 e. The average Bonchev–Trinajstić information content (AvgIpc) is 2.69. The lowest BCUT2D eigenvalue weighted by Crippen LogP contribution is -2.11. The molecule has 0 aliphatic heterocycles. The highest BCUT2D eigenvalue weighted by atomic mass is 16.1. The highest BCUT2D eigenvalue weighted by molar-refractivity contribution is 6.05. The fraction of sp³-hybridized carbons (Fsp3) is 0.0435. The molecule has 4 rings (SSSR count). The van der Waals surface area contributed by atoms with Gasteiger partial charge in [-0.3, -0.25) is 9.78 Å². The molecule has 126 valence electrons. The second kappa shape index (κ2) is 6.81. The zero-order chi connectivity index (χ0) is 17.9. The SMILES string of the molecule is Cc1ccc(NC(=O)c2cccc(-c3cnc4ccccc4c3)c2)cc1. The van der Waals surface area contributed by atoms with Gasteiger partial charge in [0.15, 0.2) is 0 Å². The van der Waals surface area contributed by atoms with Crippen molar-refractivity contribution >= 4 is 22.5 Å². The van der Waals surface area contributed by atoms with E-state index >= 15 is 0 Å². The Morgan fingerprint density at radius 2 is 1.65 bits per heavy atom. The molecule has 1 N–H and O–H groups in total. The van der Waals surface area contributed by atoms with Crippen molar-refractivity contribution in [2.24, 2.45) is 0 Å². The Labute approximate surface area is 152 Å².